The molecule has 3 N–H and O–H groups in total. The third-order valence-electron chi connectivity index (χ3n) is 2.25. The summed E-state index contributed by atoms with van der Waals surface area (Å²) in [6.07, 6.45) is 1.48. The van der Waals surface area contributed by atoms with Gasteiger partial charge in [0.25, 0.3) is 5.91 Å². The molecule has 1 aromatic heterocycles. The van der Waals surface area contributed by atoms with E-state index in [9.17, 15) is 4.79 Å². The van der Waals surface area contributed by atoms with E-state index < -0.39 is 0 Å². The summed E-state index contributed by atoms with van der Waals surface area (Å²) in [6.45, 7) is 3.73. The van der Waals surface area contributed by atoms with Gasteiger partial charge in [-0.2, -0.15) is 4.98 Å². The van der Waals surface area contributed by atoms with Crippen LogP contribution in [0.5, 0.6) is 11.8 Å². The lowest BCUT2D eigenvalue weighted by Crippen LogP contribution is -2.18. The molecule has 24 heavy (non-hydrogen) atoms. The average molecular weight is 336 g/mol. The largest absolute Gasteiger partial charge is 0.422 e. The lowest BCUT2D eigenvalue weighted by Gasteiger charge is -2.09. The number of aromatic nitrogens is 2. The van der Waals surface area contributed by atoms with Crippen molar-refractivity contribution in [3.05, 3.63) is 42.7 Å². The molecule has 0 aliphatic rings. The summed E-state index contributed by atoms with van der Waals surface area (Å²) < 4.78 is 14.4. The highest BCUT2D eigenvalue weighted by Gasteiger charge is 2.14. The van der Waals surface area contributed by atoms with Crippen LogP contribution in [0.3, 0.4) is 0 Å². The first-order chi connectivity index (χ1) is 11.5. The number of nitrogens with zero attached hydrogens (tertiary/aromatic N) is 2. The number of carbonyl (C=O) groups excluding carboxylic acids is 2. The highest BCUT2D eigenvalue weighted by Crippen LogP contribution is 2.28. The number of hydrogen-bond acceptors (Lipinski definition) is 7. The number of para-hydroxylation sites is 1. The third kappa shape index (κ3) is 7.18. The van der Waals surface area contributed by atoms with Crippen LogP contribution in [0.2, 0.25) is 0 Å². The Balaban J connectivity index is 0.000000772. The number of likely N-dealkylation sites (N-methyl/N-ethyl adjacent to an activating group) is 1. The molecule has 0 bridgehead atoms. The maximum absolute atomic E-state index is 11.5. The number of carbonyl (C=O) groups is 2. The van der Waals surface area contributed by atoms with Gasteiger partial charge in [-0.15, -0.1) is 0 Å². The van der Waals surface area contributed by atoms with E-state index in [1.807, 2.05) is 0 Å². The highest BCUT2D eigenvalue weighted by atomic mass is 16.6. The maximum Gasteiger partial charge on any atom is 0.422 e. The number of nitrogens with two attached hydrogens (primary N) is 1. The van der Waals surface area contributed by atoms with E-state index in [2.05, 4.69) is 32.5 Å². The van der Waals surface area contributed by atoms with E-state index in [0.29, 0.717) is 16.9 Å². The van der Waals surface area contributed by atoms with Crippen LogP contribution in [0.25, 0.3) is 5.57 Å². The van der Waals surface area contributed by atoms with Crippen LogP contribution in [0, 0.1) is 0 Å². The molecule has 0 unspecified atom stereocenters. The molecular formula is C15H20N4O5. The Morgan fingerprint density at radius 1 is 1.38 bits per heavy atom. The van der Waals surface area contributed by atoms with Crippen LogP contribution in [0.1, 0.15) is 5.56 Å². The quantitative estimate of drug-likeness (QED) is 0.629. The molecule has 0 radical (unpaired) electrons. The fraction of sp³-hybridized carbons (Fsp3) is 0.200. The second-order valence-electron chi connectivity index (χ2n) is 3.91. The molecular weight excluding hydrogens is 316 g/mol. The smallest absolute Gasteiger partial charge is 0.409 e. The third-order valence-corrected chi connectivity index (χ3v) is 2.25. The number of amides is 2. The highest BCUT2D eigenvalue weighted by molar-refractivity contribution is 6.19. The van der Waals surface area contributed by atoms with E-state index in [-0.39, 0.29) is 18.4 Å². The second kappa shape index (κ2) is 12.4. The Morgan fingerprint density at radius 2 is 1.96 bits per heavy atom. The minimum Gasteiger partial charge on any atom is -0.409 e. The monoisotopic (exact) mass is 336 g/mol. The maximum atomic E-state index is 11.5. The number of hydrogen-bond donors (Lipinski definition) is 2. The van der Waals surface area contributed by atoms with Crippen LogP contribution in [-0.4, -0.2) is 43.7 Å². The van der Waals surface area contributed by atoms with Crippen molar-refractivity contribution in [2.75, 3.05) is 21.3 Å². The fourth-order valence-electron chi connectivity index (χ4n) is 1.38. The van der Waals surface area contributed by atoms with E-state index >= 15 is 0 Å². The Labute approximate surface area is 139 Å². The first kappa shape index (κ1) is 20.8. The summed E-state index contributed by atoms with van der Waals surface area (Å²) in [5.41, 5.74) is 5.03. The van der Waals surface area contributed by atoms with Gasteiger partial charge >= 0.3 is 6.08 Å². The molecule has 1 aromatic carbocycles. The van der Waals surface area contributed by atoms with Gasteiger partial charge in [0, 0.05) is 32.4 Å². The van der Waals surface area contributed by atoms with Gasteiger partial charge in [0.15, 0.2) is 6.33 Å². The van der Waals surface area contributed by atoms with Gasteiger partial charge in [-0.25, -0.2) is 0 Å². The van der Waals surface area contributed by atoms with Gasteiger partial charge in [0.05, 0.1) is 0 Å². The fourth-order valence-corrected chi connectivity index (χ4v) is 1.38. The predicted octanol–water partition coefficient (Wildman–Crippen LogP) is 0.985. The van der Waals surface area contributed by atoms with Crippen molar-refractivity contribution < 1.29 is 23.6 Å². The van der Waals surface area contributed by atoms with Crippen molar-refractivity contribution in [1.82, 2.24) is 15.5 Å². The first-order valence-electron chi connectivity index (χ1n) is 6.56. The standard InChI is InChI=1S/C12H11N3O3.C2H6O.CH3NO/c1-8(11(16)13-2)9-5-3-4-6-10(9)17-12-14-7-15-18-12;1-3-2;2-1-3/h3-7H,1H2,2H3,(H,13,16);1-2H3;1H,(H2,2,3). The minimum atomic E-state index is -0.281. The number of ether oxygens (including phenoxy) is 2. The second-order valence-corrected chi connectivity index (χ2v) is 3.91. The molecule has 0 aliphatic heterocycles. The summed E-state index contributed by atoms with van der Waals surface area (Å²) in [6, 6.07) is 6.97. The summed E-state index contributed by atoms with van der Waals surface area (Å²) in [4.78, 5) is 23.9. The Kier molecular flexibility index (Phi) is 10.7. The molecule has 9 heteroatoms. The molecule has 0 fully saturated rings. The van der Waals surface area contributed by atoms with Crippen LogP contribution < -0.4 is 15.8 Å². The Hall–Kier alpha value is -3.20. The van der Waals surface area contributed by atoms with Crippen molar-refractivity contribution in [3.63, 3.8) is 0 Å². The first-order valence-corrected chi connectivity index (χ1v) is 6.56. The van der Waals surface area contributed by atoms with Crippen molar-refractivity contribution in [2.24, 2.45) is 5.73 Å². The van der Waals surface area contributed by atoms with Crippen LogP contribution in [-0.2, 0) is 14.3 Å². The van der Waals surface area contributed by atoms with Crippen molar-refractivity contribution in [2.45, 2.75) is 0 Å². The molecule has 2 rings (SSSR count). The van der Waals surface area contributed by atoms with E-state index in [1.165, 1.54) is 13.4 Å². The van der Waals surface area contributed by atoms with Gasteiger partial charge in [0.1, 0.15) is 5.75 Å². The summed E-state index contributed by atoms with van der Waals surface area (Å²) in [5, 5.41) is 5.94. The van der Waals surface area contributed by atoms with Crippen LogP contribution in [0.4, 0.5) is 0 Å². The minimum absolute atomic E-state index is 0.00663. The molecule has 130 valence electrons. The van der Waals surface area contributed by atoms with E-state index in [4.69, 9.17) is 14.1 Å². The molecule has 2 amide bonds. The number of primary amides is 1. The molecule has 9 nitrogen and oxygen atoms in total. The molecule has 0 saturated heterocycles. The number of rotatable bonds is 4. The van der Waals surface area contributed by atoms with Crippen molar-refractivity contribution in [3.8, 4) is 11.8 Å². The van der Waals surface area contributed by atoms with Gasteiger partial charge in [-0.05, 0) is 6.07 Å². The number of methoxy groups -OCH3 is 1. The Morgan fingerprint density at radius 3 is 2.46 bits per heavy atom. The lowest BCUT2D eigenvalue weighted by molar-refractivity contribution is -0.115. The van der Waals surface area contributed by atoms with Gasteiger partial charge in [-0.3, -0.25) is 14.1 Å². The summed E-state index contributed by atoms with van der Waals surface area (Å²) >= 11 is 0. The normalized spacial score (nSPS) is 8.62. The van der Waals surface area contributed by atoms with Crippen molar-refractivity contribution in [1.29, 1.82) is 0 Å². The van der Waals surface area contributed by atoms with Gasteiger partial charge in [-0.1, -0.05) is 29.9 Å². The van der Waals surface area contributed by atoms with Crippen LogP contribution >= 0.6 is 0 Å². The van der Waals surface area contributed by atoms with Gasteiger partial charge in [0.2, 0.25) is 6.41 Å². The number of nitrogens with one attached hydrogen (secondary N) is 1. The van der Waals surface area contributed by atoms with Crippen molar-refractivity contribution >= 4 is 17.9 Å². The molecule has 0 spiro atoms. The predicted molar refractivity (Wildman–Crippen MR) is 87.1 cm³/mol. The van der Waals surface area contributed by atoms with E-state index in [0.717, 1.165) is 0 Å². The summed E-state index contributed by atoms with van der Waals surface area (Å²) in [5.74, 6) is 0.145. The SMILES string of the molecule is C=C(C(=O)NC)c1ccccc1Oc1ncno1.COC.NC=O. The molecule has 0 atom stereocenters. The lowest BCUT2D eigenvalue weighted by atomic mass is 10.1. The topological polar surface area (TPSA) is 130 Å². The average Bonchev–Trinajstić information content (AvgIpc) is 3.08. The molecule has 1 heterocycles. The van der Waals surface area contributed by atoms with E-state index in [1.54, 1.807) is 38.5 Å². The zero-order valence-electron chi connectivity index (χ0n) is 13.7. The van der Waals surface area contributed by atoms with Crippen LogP contribution in [0.15, 0.2) is 41.7 Å². The molecule has 2 aromatic rings. The zero-order valence-corrected chi connectivity index (χ0v) is 13.7. The van der Waals surface area contributed by atoms with Gasteiger partial charge < -0.3 is 20.5 Å². The summed E-state index contributed by atoms with van der Waals surface area (Å²) in [7, 11) is 4.79. The number of benzene rings is 1. The molecule has 0 saturated carbocycles. The Bertz CT molecular complexity index is 629. The molecule has 0 aliphatic carbocycles. The zero-order chi connectivity index (χ0) is 18.4.